The fraction of sp³-hybridized carbons (Fsp3) is 0.643. The number of carbonyl (C=O) groups is 4. The minimum Gasteiger partial charge on any atom is -0.472 e. The third kappa shape index (κ3) is 10.2. The molecule has 3 aliphatic heterocycles. The minimum atomic E-state index is -4.95. The van der Waals surface area contributed by atoms with E-state index in [0.29, 0.717) is 48.9 Å². The maximum absolute atomic E-state index is 14.9. The Bertz CT molecular complexity index is 2000. The molecule has 0 bridgehead atoms. The predicted octanol–water partition coefficient (Wildman–Crippen LogP) is 5.69. The number of hydrogen-bond donors (Lipinski definition) is 3. The average molecular weight is 866 g/mol. The fourth-order valence-electron chi connectivity index (χ4n) is 7.63. The summed E-state index contributed by atoms with van der Waals surface area (Å²) in [4.78, 5) is 62.4. The first-order chi connectivity index (χ1) is 27.8. The van der Waals surface area contributed by atoms with E-state index < -0.39 is 99.1 Å². The first-order valence-corrected chi connectivity index (χ1v) is 21.7. The SMILES string of the molecule is C=C(C)/N=C(O[C@@H]1C[C@H]2C(=O)N[C@]3(C(=O)NS(=O)(=O)C4(C)CC4)C[C@H]3/C=C\CC[C@@H](C)C[C@@H](C)[C@H](NC(=O)OC3(C(F)(F)F)COC3)C(=O)N2C1)\C(=C\C=C(C)C)C(=C)C. The van der Waals surface area contributed by atoms with E-state index >= 15 is 0 Å². The molecule has 0 aromatic carbocycles. The summed E-state index contributed by atoms with van der Waals surface area (Å²) in [5.41, 5.74) is -2.11. The zero-order valence-corrected chi connectivity index (χ0v) is 36.2. The van der Waals surface area contributed by atoms with Gasteiger partial charge >= 0.3 is 12.3 Å². The first kappa shape index (κ1) is 46.6. The van der Waals surface area contributed by atoms with Gasteiger partial charge in [-0.15, -0.1) is 0 Å². The second-order valence-electron chi connectivity index (χ2n) is 17.7. The van der Waals surface area contributed by atoms with Crippen molar-refractivity contribution in [2.24, 2.45) is 22.7 Å². The molecule has 5 aliphatic rings. The fourth-order valence-corrected chi connectivity index (χ4v) is 8.94. The van der Waals surface area contributed by atoms with Crippen LogP contribution in [-0.2, 0) is 38.6 Å². The van der Waals surface area contributed by atoms with Gasteiger partial charge in [0.05, 0.1) is 24.5 Å². The summed E-state index contributed by atoms with van der Waals surface area (Å²) < 4.78 is 85.7. The molecule has 4 fully saturated rings. The maximum atomic E-state index is 14.9. The summed E-state index contributed by atoms with van der Waals surface area (Å²) in [6.45, 7) is 18.2. The zero-order chi connectivity index (χ0) is 44.6. The number of hydrogen-bond acceptors (Lipinski definition) is 10. The lowest BCUT2D eigenvalue weighted by Crippen LogP contribution is -2.65. The summed E-state index contributed by atoms with van der Waals surface area (Å²) >= 11 is 0. The third-order valence-electron chi connectivity index (χ3n) is 11.8. The molecule has 2 saturated heterocycles. The molecule has 3 heterocycles. The van der Waals surface area contributed by atoms with Gasteiger partial charge in [-0.1, -0.05) is 50.8 Å². The molecule has 18 heteroatoms. The van der Waals surface area contributed by atoms with Crippen molar-refractivity contribution < 1.29 is 55.0 Å². The van der Waals surface area contributed by atoms with Gasteiger partial charge in [0.15, 0.2) is 0 Å². The van der Waals surface area contributed by atoms with E-state index in [-0.39, 0.29) is 31.2 Å². The number of alkyl carbamates (subject to hydrolysis) is 1. The Kier molecular flexibility index (Phi) is 13.6. The van der Waals surface area contributed by atoms with Crippen LogP contribution >= 0.6 is 0 Å². The normalized spacial score (nSPS) is 31.0. The number of nitrogens with one attached hydrogen (secondary N) is 3. The standard InChI is InChI=1S/C42H58F3N5O9S/c1-24(2)14-15-31(25(3)4)35(46-26(5)6)58-30-19-32-34(51)48-41(37(53)49-60(55,56)39(9)16-17-39)20-29(41)13-11-10-12-27(7)18-28(8)33(36(52)50(32)21-30)47-38(54)59-40(22-57-23-40)42(43,44)45/h11,13-15,27-30,32-33H,3,5,10,12,16-23H2,1-2,4,6-9H3,(H,47,54)(H,48,51)(H,49,53)/b13-11-,31-15+,46-35+/t27-,28-,29-,30-,32+,33+,41-/m1/s1. The highest BCUT2D eigenvalue weighted by Gasteiger charge is 2.65. The van der Waals surface area contributed by atoms with Crippen LogP contribution in [0.15, 0.2) is 64.9 Å². The van der Waals surface area contributed by atoms with Crippen molar-refractivity contribution in [2.75, 3.05) is 19.8 Å². The number of fused-ring (bicyclic) bond motifs is 2. The Hall–Kier alpha value is -4.45. The Balaban J connectivity index is 1.54. The molecule has 0 unspecified atom stereocenters. The van der Waals surface area contributed by atoms with E-state index in [1.807, 2.05) is 32.9 Å². The van der Waals surface area contributed by atoms with Gasteiger partial charge in [0.2, 0.25) is 27.7 Å². The Morgan fingerprint density at radius 2 is 1.75 bits per heavy atom. The van der Waals surface area contributed by atoms with Gasteiger partial charge in [-0.25, -0.2) is 18.2 Å². The van der Waals surface area contributed by atoms with Crippen LogP contribution in [0.25, 0.3) is 0 Å². The van der Waals surface area contributed by atoms with Crippen molar-refractivity contribution in [3.05, 3.63) is 59.9 Å². The molecular weight excluding hydrogens is 808 g/mol. The number of halogens is 3. The number of rotatable bonds is 10. The minimum absolute atomic E-state index is 0.0552. The Labute approximate surface area is 350 Å². The largest absolute Gasteiger partial charge is 0.472 e. The number of allylic oxidation sites excluding steroid dienone is 5. The van der Waals surface area contributed by atoms with Crippen LogP contribution in [-0.4, -0.2) is 103 Å². The van der Waals surface area contributed by atoms with Crippen molar-refractivity contribution in [1.82, 2.24) is 20.3 Å². The molecule has 332 valence electrons. The number of ether oxygens (including phenoxy) is 3. The molecule has 14 nitrogen and oxygen atoms in total. The van der Waals surface area contributed by atoms with Gasteiger partial charge in [-0.3, -0.25) is 19.1 Å². The van der Waals surface area contributed by atoms with E-state index in [1.165, 1.54) is 11.8 Å². The highest BCUT2D eigenvalue weighted by atomic mass is 32.2. The van der Waals surface area contributed by atoms with Crippen LogP contribution in [0.4, 0.5) is 18.0 Å². The molecule has 0 aromatic rings. The highest BCUT2D eigenvalue weighted by Crippen LogP contribution is 2.48. The second kappa shape index (κ2) is 17.5. The molecule has 2 saturated carbocycles. The Morgan fingerprint density at radius 3 is 2.30 bits per heavy atom. The van der Waals surface area contributed by atoms with E-state index in [2.05, 4.69) is 33.5 Å². The molecule has 60 heavy (non-hydrogen) atoms. The molecule has 0 spiro atoms. The van der Waals surface area contributed by atoms with Crippen LogP contribution in [0, 0.1) is 17.8 Å². The van der Waals surface area contributed by atoms with E-state index in [0.717, 1.165) is 5.57 Å². The summed E-state index contributed by atoms with van der Waals surface area (Å²) in [5.74, 6) is -3.68. The number of amides is 4. The molecule has 4 amide bonds. The first-order valence-electron chi connectivity index (χ1n) is 20.3. The van der Waals surface area contributed by atoms with Gasteiger partial charge in [0, 0.05) is 23.6 Å². The van der Waals surface area contributed by atoms with Crippen LogP contribution in [0.1, 0.15) is 93.4 Å². The summed E-state index contributed by atoms with van der Waals surface area (Å²) in [5, 5.41) is 5.19. The van der Waals surface area contributed by atoms with Gasteiger partial charge in [0.1, 0.15) is 23.7 Å². The lowest BCUT2D eigenvalue weighted by atomic mass is 9.88. The van der Waals surface area contributed by atoms with Crippen LogP contribution in [0.2, 0.25) is 0 Å². The topological polar surface area (TPSA) is 182 Å². The number of nitrogens with zero attached hydrogens (tertiary/aromatic N) is 2. The van der Waals surface area contributed by atoms with Crippen LogP contribution < -0.4 is 15.4 Å². The van der Waals surface area contributed by atoms with Crippen LogP contribution in [0.3, 0.4) is 0 Å². The van der Waals surface area contributed by atoms with Gasteiger partial charge in [-0.05, 0) is 96.6 Å². The molecule has 3 N–H and O–H groups in total. The quantitative estimate of drug-likeness (QED) is 0.108. The van der Waals surface area contributed by atoms with Crippen molar-refractivity contribution in [2.45, 2.75) is 134 Å². The van der Waals surface area contributed by atoms with Gasteiger partial charge in [-0.2, -0.15) is 13.2 Å². The average Bonchev–Trinajstić information content (AvgIpc) is 3.99. The second-order valence-corrected chi connectivity index (χ2v) is 19.9. The lowest BCUT2D eigenvalue weighted by molar-refractivity contribution is -0.331. The smallest absolute Gasteiger partial charge is 0.433 e. The Morgan fingerprint density at radius 1 is 1.08 bits per heavy atom. The van der Waals surface area contributed by atoms with Gasteiger partial charge in [0.25, 0.3) is 11.5 Å². The highest BCUT2D eigenvalue weighted by molar-refractivity contribution is 7.91. The number of sulfonamides is 1. The molecular formula is C42H58F3N5O9S. The zero-order valence-electron chi connectivity index (χ0n) is 35.4. The van der Waals surface area contributed by atoms with Crippen molar-refractivity contribution in [1.29, 1.82) is 0 Å². The van der Waals surface area contributed by atoms with Crippen molar-refractivity contribution in [3.8, 4) is 0 Å². The number of carbonyl (C=O) groups excluding carboxylic acids is 4. The third-order valence-corrected chi connectivity index (χ3v) is 14.0. The number of alkyl halides is 3. The van der Waals surface area contributed by atoms with Crippen LogP contribution in [0.5, 0.6) is 0 Å². The van der Waals surface area contributed by atoms with E-state index in [4.69, 9.17) is 14.2 Å². The number of aliphatic imine (C=N–C) groups is 1. The molecule has 7 atom stereocenters. The monoisotopic (exact) mass is 865 g/mol. The molecule has 2 aliphatic carbocycles. The van der Waals surface area contributed by atoms with E-state index in [1.54, 1.807) is 32.9 Å². The predicted molar refractivity (Wildman–Crippen MR) is 218 cm³/mol. The summed E-state index contributed by atoms with van der Waals surface area (Å²) in [6.07, 6.45) is 2.04. The van der Waals surface area contributed by atoms with Gasteiger partial charge < -0.3 is 29.7 Å². The molecule has 0 radical (unpaired) electrons. The van der Waals surface area contributed by atoms with Crippen molar-refractivity contribution in [3.63, 3.8) is 0 Å². The lowest BCUT2D eigenvalue weighted by Gasteiger charge is -2.41. The summed E-state index contributed by atoms with van der Waals surface area (Å²) in [6, 6.07) is -2.82. The molecule has 0 aromatic heterocycles. The summed E-state index contributed by atoms with van der Waals surface area (Å²) in [7, 11) is -4.09. The van der Waals surface area contributed by atoms with E-state index in [9.17, 15) is 40.8 Å². The molecule has 5 rings (SSSR count). The maximum Gasteiger partial charge on any atom is 0.433 e. The van der Waals surface area contributed by atoms with Crippen molar-refractivity contribution >= 4 is 39.7 Å².